The number of rotatable bonds is 6. The average molecular weight is 433 g/mol. The van der Waals surface area contributed by atoms with Crippen LogP contribution < -0.4 is 32.6 Å². The van der Waals surface area contributed by atoms with E-state index in [0.29, 0.717) is 18.6 Å². The van der Waals surface area contributed by atoms with Crippen molar-refractivity contribution < 1.29 is 6.16 Å². The molecule has 0 aliphatic carbocycles. The molecule has 0 spiro atoms. The summed E-state index contributed by atoms with van der Waals surface area (Å²) in [5, 5.41) is 9.33. The van der Waals surface area contributed by atoms with E-state index in [2.05, 4.69) is 53.8 Å². The Bertz CT molecular complexity index is 826. The molecule has 0 radical (unpaired) electrons. The number of nitrogens with one attached hydrogen (secondary N) is 2. The molecule has 31 heavy (non-hydrogen) atoms. The lowest BCUT2D eigenvalue weighted by Gasteiger charge is -2.30. The van der Waals surface area contributed by atoms with Gasteiger partial charge in [-0.2, -0.15) is 4.98 Å². The Morgan fingerprint density at radius 3 is 2.58 bits per heavy atom. The first-order chi connectivity index (χ1) is 14.4. The molecule has 9 heteroatoms. The van der Waals surface area contributed by atoms with Gasteiger partial charge < -0.3 is 32.6 Å². The normalized spacial score (nSPS) is 13.7. The fourth-order valence-electron chi connectivity index (χ4n) is 3.37. The van der Waals surface area contributed by atoms with E-state index in [-0.39, 0.29) is 7.58 Å². The maximum atomic E-state index is 6.01. The third kappa shape index (κ3) is 7.37. The zero-order valence-corrected chi connectivity index (χ0v) is 19.2. The Morgan fingerprint density at radius 2 is 2.00 bits per heavy atom. The predicted molar refractivity (Wildman–Crippen MR) is 131 cm³/mol. The number of piperidine rings is 1. The van der Waals surface area contributed by atoms with Crippen LogP contribution >= 0.6 is 0 Å². The predicted octanol–water partition coefficient (Wildman–Crippen LogP) is 3.94. The lowest BCUT2D eigenvalue weighted by Crippen LogP contribution is -2.40. The number of aryl methyl sites for hydroxylation is 1. The first kappa shape index (κ1) is 26.1. The zero-order chi connectivity index (χ0) is 22.1. The molecule has 0 bridgehead atoms. The molecule has 9 N–H and O–H groups in total. The Kier molecular flexibility index (Phi) is 10.7. The van der Waals surface area contributed by atoms with Crippen LogP contribution in [0.4, 0.5) is 17.5 Å². The maximum absolute atomic E-state index is 6.01. The minimum atomic E-state index is 0. The van der Waals surface area contributed by atoms with Gasteiger partial charge in [0.15, 0.2) is 0 Å². The monoisotopic (exact) mass is 432 g/mol. The molecule has 2 heterocycles. The quantitative estimate of drug-likeness (QED) is 0.339. The van der Waals surface area contributed by atoms with Crippen molar-refractivity contribution in [1.29, 1.82) is 5.41 Å². The van der Waals surface area contributed by atoms with Gasteiger partial charge in [-0.3, -0.25) is 5.41 Å². The van der Waals surface area contributed by atoms with E-state index >= 15 is 0 Å². The lowest BCUT2D eigenvalue weighted by atomic mass is 9.99. The van der Waals surface area contributed by atoms with Crippen molar-refractivity contribution in [3.8, 4) is 5.75 Å². The van der Waals surface area contributed by atoms with Gasteiger partial charge >= 0.3 is 0 Å². The molecule has 1 aliphatic heterocycles. The van der Waals surface area contributed by atoms with E-state index in [9.17, 15) is 0 Å². The molecule has 0 amide bonds. The smallest absolute Gasteiger partial charge is 0.227 e. The number of ether oxygens (including phenoxy) is 1. The molecule has 174 valence electrons. The minimum Gasteiger partial charge on any atom is -0.494 e. The van der Waals surface area contributed by atoms with E-state index < -0.39 is 0 Å². The summed E-state index contributed by atoms with van der Waals surface area (Å²) < 4.78 is 5.82. The molecule has 1 aromatic heterocycles. The molecule has 0 atom stereocenters. The third-order valence-corrected chi connectivity index (χ3v) is 5.01. The summed E-state index contributed by atoms with van der Waals surface area (Å²) in [6.07, 6.45) is 4.53. The molecular weight excluding hydrogens is 392 g/mol. The van der Waals surface area contributed by atoms with Gasteiger partial charge in [0.05, 0.1) is 12.9 Å². The lowest BCUT2D eigenvalue weighted by molar-refractivity contribution is 0.335. The first-order valence-corrected chi connectivity index (χ1v) is 10.5. The summed E-state index contributed by atoms with van der Waals surface area (Å²) in [4.78, 5) is 11.4. The summed E-state index contributed by atoms with van der Waals surface area (Å²) in [5.74, 6) is 2.91. The Morgan fingerprint density at radius 1 is 1.35 bits per heavy atom. The number of hydrogen-bond acceptors (Lipinski definition) is 8. The largest absolute Gasteiger partial charge is 0.494 e. The molecular formula is C22H40N8O. The van der Waals surface area contributed by atoms with E-state index in [1.807, 2.05) is 19.2 Å². The van der Waals surface area contributed by atoms with Crippen molar-refractivity contribution in [3.05, 3.63) is 35.5 Å². The Hall–Kier alpha value is -2.91. The molecule has 1 saturated heterocycles. The van der Waals surface area contributed by atoms with Crippen LogP contribution in [0.3, 0.4) is 0 Å². The van der Waals surface area contributed by atoms with Crippen LogP contribution in [-0.4, -0.2) is 42.0 Å². The first-order valence-electron chi connectivity index (χ1n) is 10.5. The van der Waals surface area contributed by atoms with Gasteiger partial charge in [0.2, 0.25) is 5.95 Å². The van der Waals surface area contributed by atoms with Crippen molar-refractivity contribution in [2.24, 2.45) is 11.5 Å². The second-order valence-electron chi connectivity index (χ2n) is 7.65. The summed E-state index contributed by atoms with van der Waals surface area (Å²) >= 11 is 0. The SMILES string of the molecule is CCOc1cc(C)c(Nc2ccnc(N3CCC(N)CC3)n2)cc1C(C)C.N.N=CN.[HH]. The second kappa shape index (κ2) is 12.7. The van der Waals surface area contributed by atoms with E-state index in [4.69, 9.17) is 20.9 Å². The highest BCUT2D eigenvalue weighted by Gasteiger charge is 2.19. The van der Waals surface area contributed by atoms with Crippen LogP contribution in [0, 0.1) is 12.3 Å². The van der Waals surface area contributed by atoms with Gasteiger partial charge in [-0.05, 0) is 61.9 Å². The highest BCUT2D eigenvalue weighted by molar-refractivity contribution is 5.64. The fourth-order valence-corrected chi connectivity index (χ4v) is 3.37. The molecule has 2 aromatic rings. The van der Waals surface area contributed by atoms with Gasteiger partial charge in [-0.25, -0.2) is 4.98 Å². The van der Waals surface area contributed by atoms with Gasteiger partial charge in [0.1, 0.15) is 11.6 Å². The van der Waals surface area contributed by atoms with Crippen LogP contribution in [0.25, 0.3) is 0 Å². The highest BCUT2D eigenvalue weighted by atomic mass is 16.5. The van der Waals surface area contributed by atoms with E-state index in [1.54, 1.807) is 0 Å². The molecule has 0 saturated carbocycles. The van der Waals surface area contributed by atoms with Crippen molar-refractivity contribution in [2.45, 2.75) is 52.5 Å². The Balaban J connectivity index is 0.00000182. The van der Waals surface area contributed by atoms with Gasteiger partial charge in [-0.15, -0.1) is 0 Å². The number of nitrogens with two attached hydrogens (primary N) is 2. The van der Waals surface area contributed by atoms with Gasteiger partial charge in [0, 0.05) is 32.4 Å². The Labute approximate surface area is 187 Å². The number of nitrogens with zero attached hydrogens (tertiary/aromatic N) is 3. The summed E-state index contributed by atoms with van der Waals surface area (Å²) in [5.41, 5.74) is 13.8. The minimum absolute atomic E-state index is 0. The standard InChI is InChI=1S/C21H31N5O.CH4N2.H3N.H2/c1-5-27-19-12-15(4)18(13-17(19)14(2)3)24-20-6-9-23-21(25-20)26-10-7-16(22)8-11-26;2-1-3;;/h6,9,12-14,16H,5,7-8,10-11,22H2,1-4H3,(H,23,24,25);1H,(H3,2,3);1H3;1H. The third-order valence-electron chi connectivity index (χ3n) is 5.01. The number of anilines is 3. The van der Waals surface area contributed by atoms with Gasteiger partial charge in [-0.1, -0.05) is 13.8 Å². The van der Waals surface area contributed by atoms with Gasteiger partial charge in [0.25, 0.3) is 0 Å². The van der Waals surface area contributed by atoms with Crippen molar-refractivity contribution in [1.82, 2.24) is 16.1 Å². The summed E-state index contributed by atoms with van der Waals surface area (Å²) in [6, 6.07) is 6.48. The number of benzene rings is 1. The molecule has 1 aromatic carbocycles. The number of aromatic nitrogens is 2. The van der Waals surface area contributed by atoms with Crippen LogP contribution in [0.2, 0.25) is 0 Å². The topological polar surface area (TPSA) is 161 Å². The zero-order valence-electron chi connectivity index (χ0n) is 19.2. The van der Waals surface area contributed by atoms with Crippen molar-refractivity contribution in [2.75, 3.05) is 29.9 Å². The second-order valence-corrected chi connectivity index (χ2v) is 7.65. The van der Waals surface area contributed by atoms with E-state index in [1.165, 1.54) is 5.56 Å². The van der Waals surface area contributed by atoms with E-state index in [0.717, 1.165) is 61.0 Å². The molecule has 1 fully saturated rings. The molecule has 9 nitrogen and oxygen atoms in total. The summed E-state index contributed by atoms with van der Waals surface area (Å²) in [6.45, 7) is 10.9. The highest BCUT2D eigenvalue weighted by Crippen LogP contribution is 2.33. The molecule has 1 aliphatic rings. The molecule has 3 rings (SSSR count). The molecule has 0 unspecified atom stereocenters. The van der Waals surface area contributed by atoms with Crippen molar-refractivity contribution >= 4 is 23.8 Å². The van der Waals surface area contributed by atoms with Crippen molar-refractivity contribution in [3.63, 3.8) is 0 Å². The van der Waals surface area contributed by atoms with Crippen LogP contribution in [-0.2, 0) is 0 Å². The average Bonchev–Trinajstić information content (AvgIpc) is 2.71. The fraction of sp³-hybridized carbons (Fsp3) is 0.500. The number of hydrogen-bond donors (Lipinski definition) is 5. The maximum Gasteiger partial charge on any atom is 0.227 e. The van der Waals surface area contributed by atoms with Crippen LogP contribution in [0.5, 0.6) is 5.75 Å². The van der Waals surface area contributed by atoms with Crippen LogP contribution in [0.15, 0.2) is 24.4 Å². The summed E-state index contributed by atoms with van der Waals surface area (Å²) in [7, 11) is 0. The van der Waals surface area contributed by atoms with Crippen LogP contribution in [0.1, 0.15) is 52.1 Å².